The fourth-order valence-corrected chi connectivity index (χ4v) is 7.12. The molecule has 6 heteroatoms. The first kappa shape index (κ1) is 18.7. The number of aliphatic hydroxyl groups is 2. The van der Waals surface area contributed by atoms with E-state index in [1.54, 1.807) is 12.2 Å². The Morgan fingerprint density at radius 3 is 2.74 bits per heavy atom. The molecule has 2 N–H and O–H groups in total. The Bertz CT molecular complexity index is 773. The van der Waals surface area contributed by atoms with E-state index in [1.807, 2.05) is 13.0 Å². The number of hydrogen-bond donors (Lipinski definition) is 2. The van der Waals surface area contributed by atoms with E-state index in [4.69, 9.17) is 0 Å². The van der Waals surface area contributed by atoms with Crippen LogP contribution >= 0.6 is 0 Å². The van der Waals surface area contributed by atoms with Crippen LogP contribution in [0.1, 0.15) is 46.0 Å². The number of nitroso groups, excluding NO2 is 1. The number of hydrogen-bond acceptors (Lipinski definition) is 6. The fraction of sp³-hybridized carbons (Fsp3) is 0.714. The predicted molar refractivity (Wildman–Crippen MR) is 98.6 cm³/mol. The summed E-state index contributed by atoms with van der Waals surface area (Å²) in [5.74, 6) is -0.350. The maximum Gasteiger partial charge on any atom is 0.189 e. The van der Waals surface area contributed by atoms with Crippen molar-refractivity contribution in [3.05, 3.63) is 28.7 Å². The highest BCUT2D eigenvalue weighted by atomic mass is 16.3. The van der Waals surface area contributed by atoms with Crippen molar-refractivity contribution in [1.82, 2.24) is 0 Å². The standard InChI is InChI=1S/C21H27NO5/c1-19-7-5-13(24)9-12(19)3-4-14-15-6-8-21(22-27,17(26)11-23)20(15,2)10-16(25)18(14)19/h5,7,9,14-16,18,23,25H,3-4,6,8,10-11H2,1-2H3/t14-,15?,16?,18?,19?,20?,21?/m0/s1. The summed E-state index contributed by atoms with van der Waals surface area (Å²) in [6.07, 6.45) is 7.47. The quantitative estimate of drug-likeness (QED) is 0.739. The Morgan fingerprint density at radius 1 is 1.33 bits per heavy atom. The molecule has 4 rings (SSSR count). The summed E-state index contributed by atoms with van der Waals surface area (Å²) in [6.45, 7) is 3.28. The van der Waals surface area contributed by atoms with E-state index in [1.165, 1.54) is 0 Å². The highest BCUT2D eigenvalue weighted by Gasteiger charge is 2.69. The van der Waals surface area contributed by atoms with Gasteiger partial charge in [0.25, 0.3) is 0 Å². The zero-order valence-electron chi connectivity index (χ0n) is 15.9. The molecule has 7 atom stereocenters. The van der Waals surface area contributed by atoms with Gasteiger partial charge in [0.05, 0.1) is 6.10 Å². The van der Waals surface area contributed by atoms with Gasteiger partial charge < -0.3 is 10.2 Å². The van der Waals surface area contributed by atoms with Crippen LogP contribution in [0.25, 0.3) is 0 Å². The molecule has 27 heavy (non-hydrogen) atoms. The van der Waals surface area contributed by atoms with Crippen LogP contribution in [0.2, 0.25) is 0 Å². The third kappa shape index (κ3) is 2.20. The summed E-state index contributed by atoms with van der Waals surface area (Å²) in [6, 6.07) is 0. The van der Waals surface area contributed by atoms with E-state index in [-0.39, 0.29) is 29.0 Å². The molecule has 0 saturated heterocycles. The Kier molecular flexibility index (Phi) is 4.10. The van der Waals surface area contributed by atoms with Crippen LogP contribution < -0.4 is 0 Å². The minimum absolute atomic E-state index is 0.00496. The molecule has 0 amide bonds. The number of carbonyl (C=O) groups is 2. The van der Waals surface area contributed by atoms with Crippen LogP contribution in [-0.4, -0.2) is 40.0 Å². The molecule has 4 aliphatic carbocycles. The van der Waals surface area contributed by atoms with Crippen LogP contribution in [0.15, 0.2) is 29.0 Å². The lowest BCUT2D eigenvalue weighted by atomic mass is 9.46. The van der Waals surface area contributed by atoms with Crippen molar-refractivity contribution < 1.29 is 19.8 Å². The van der Waals surface area contributed by atoms with Gasteiger partial charge in [-0.3, -0.25) is 9.59 Å². The normalized spacial score (nSPS) is 48.3. The summed E-state index contributed by atoms with van der Waals surface area (Å²) < 4.78 is 0. The second kappa shape index (κ2) is 5.92. The van der Waals surface area contributed by atoms with Crippen LogP contribution in [0.5, 0.6) is 0 Å². The average molecular weight is 373 g/mol. The third-order valence-electron chi connectivity index (χ3n) is 8.41. The lowest BCUT2D eigenvalue weighted by Crippen LogP contribution is -2.61. The van der Waals surface area contributed by atoms with E-state index in [2.05, 4.69) is 12.1 Å². The van der Waals surface area contributed by atoms with Gasteiger partial charge in [-0.05, 0) is 56.1 Å². The summed E-state index contributed by atoms with van der Waals surface area (Å²) in [4.78, 5) is 36.2. The van der Waals surface area contributed by atoms with Crippen LogP contribution in [0.4, 0.5) is 0 Å². The fourth-order valence-electron chi connectivity index (χ4n) is 7.12. The summed E-state index contributed by atoms with van der Waals surface area (Å²) >= 11 is 0. The number of ketones is 2. The number of carbonyl (C=O) groups excluding carboxylic acids is 2. The summed E-state index contributed by atoms with van der Waals surface area (Å²) in [5.41, 5.74) is -1.50. The molecule has 0 aromatic rings. The van der Waals surface area contributed by atoms with Gasteiger partial charge in [-0.2, -0.15) is 0 Å². The topological polar surface area (TPSA) is 104 Å². The molecule has 0 aromatic carbocycles. The van der Waals surface area contributed by atoms with Crippen LogP contribution in [0.3, 0.4) is 0 Å². The summed E-state index contributed by atoms with van der Waals surface area (Å²) in [5, 5.41) is 23.9. The molecule has 0 bridgehead atoms. The van der Waals surface area contributed by atoms with Crippen molar-refractivity contribution in [3.8, 4) is 0 Å². The van der Waals surface area contributed by atoms with Crippen molar-refractivity contribution in [1.29, 1.82) is 0 Å². The first-order chi connectivity index (χ1) is 12.7. The highest BCUT2D eigenvalue weighted by Crippen LogP contribution is 2.67. The lowest BCUT2D eigenvalue weighted by Gasteiger charge is -2.59. The molecule has 0 heterocycles. The average Bonchev–Trinajstić information content (AvgIpc) is 2.94. The summed E-state index contributed by atoms with van der Waals surface area (Å²) in [7, 11) is 0. The molecular formula is C21H27NO5. The maximum absolute atomic E-state index is 12.5. The smallest absolute Gasteiger partial charge is 0.189 e. The number of fused-ring (bicyclic) bond motifs is 5. The zero-order chi connectivity index (χ0) is 19.6. The Balaban J connectivity index is 1.77. The van der Waals surface area contributed by atoms with Crippen molar-refractivity contribution in [2.24, 2.45) is 33.8 Å². The molecule has 6 nitrogen and oxygen atoms in total. The number of nitrogens with zero attached hydrogens (tertiary/aromatic N) is 1. The van der Waals surface area contributed by atoms with E-state index < -0.39 is 29.4 Å². The second-order valence-corrected chi connectivity index (χ2v) is 9.28. The SMILES string of the molecule is CC12C=CC(=O)C=C1CC[C@@H]1C2C(O)CC2(C)C1CCC2(N=O)C(=O)CO. The first-order valence-electron chi connectivity index (χ1n) is 9.84. The number of Topliss-reactive ketones (excluding diaryl/α,β-unsaturated/α-hetero) is 1. The third-order valence-corrected chi connectivity index (χ3v) is 8.41. The molecular weight excluding hydrogens is 346 g/mol. The van der Waals surface area contributed by atoms with Gasteiger partial charge in [0.2, 0.25) is 0 Å². The van der Waals surface area contributed by atoms with Gasteiger partial charge in [0, 0.05) is 16.7 Å². The molecule has 0 aliphatic heterocycles. The van der Waals surface area contributed by atoms with Gasteiger partial charge in [-0.1, -0.05) is 30.7 Å². The van der Waals surface area contributed by atoms with Gasteiger partial charge in [0.1, 0.15) is 6.61 Å². The maximum atomic E-state index is 12.5. The van der Waals surface area contributed by atoms with Crippen LogP contribution in [-0.2, 0) is 9.59 Å². The largest absolute Gasteiger partial charge is 0.393 e. The van der Waals surface area contributed by atoms with Crippen molar-refractivity contribution >= 4 is 11.6 Å². The number of aliphatic hydroxyl groups excluding tert-OH is 2. The number of allylic oxidation sites excluding steroid dienone is 4. The monoisotopic (exact) mass is 373 g/mol. The predicted octanol–water partition coefficient (Wildman–Crippen LogP) is 2.33. The van der Waals surface area contributed by atoms with Crippen molar-refractivity contribution in [3.63, 3.8) is 0 Å². The van der Waals surface area contributed by atoms with E-state index >= 15 is 0 Å². The molecule has 6 unspecified atom stereocenters. The second-order valence-electron chi connectivity index (χ2n) is 9.28. The zero-order valence-corrected chi connectivity index (χ0v) is 15.9. The Hall–Kier alpha value is -1.66. The molecule has 146 valence electrons. The minimum atomic E-state index is -1.45. The Morgan fingerprint density at radius 2 is 2.07 bits per heavy atom. The van der Waals surface area contributed by atoms with Gasteiger partial charge in [0.15, 0.2) is 17.1 Å². The first-order valence-corrected chi connectivity index (χ1v) is 9.84. The molecule has 0 radical (unpaired) electrons. The van der Waals surface area contributed by atoms with Crippen molar-refractivity contribution in [2.75, 3.05) is 6.61 Å². The molecule has 0 spiro atoms. The number of rotatable bonds is 3. The van der Waals surface area contributed by atoms with E-state index in [0.717, 1.165) is 18.4 Å². The van der Waals surface area contributed by atoms with E-state index in [0.29, 0.717) is 19.3 Å². The molecule has 3 fully saturated rings. The Labute approximate surface area is 158 Å². The van der Waals surface area contributed by atoms with Gasteiger partial charge >= 0.3 is 0 Å². The van der Waals surface area contributed by atoms with E-state index in [9.17, 15) is 24.7 Å². The molecule has 4 aliphatic rings. The van der Waals surface area contributed by atoms with Crippen molar-refractivity contribution in [2.45, 2.75) is 57.6 Å². The molecule has 3 saturated carbocycles. The minimum Gasteiger partial charge on any atom is -0.393 e. The van der Waals surface area contributed by atoms with Crippen LogP contribution in [0, 0.1) is 33.5 Å². The highest BCUT2D eigenvalue weighted by molar-refractivity contribution is 6.01. The lowest BCUT2D eigenvalue weighted by molar-refractivity contribution is -0.144. The van der Waals surface area contributed by atoms with Gasteiger partial charge in [-0.25, -0.2) is 0 Å². The molecule has 0 aromatic heterocycles. The van der Waals surface area contributed by atoms with Gasteiger partial charge in [-0.15, -0.1) is 4.91 Å².